The Kier molecular flexibility index (Phi) is 5.33. The zero-order chi connectivity index (χ0) is 16.2. The molecular formula is C17H22ClN3O2. The maximum absolute atomic E-state index is 10.2. The molecule has 0 radical (unpaired) electrons. The molecule has 0 bridgehead atoms. The minimum atomic E-state index is -0.502. The van der Waals surface area contributed by atoms with Gasteiger partial charge in [-0.15, -0.1) is 0 Å². The Labute approximate surface area is 141 Å². The molecule has 0 saturated carbocycles. The van der Waals surface area contributed by atoms with Gasteiger partial charge in [0, 0.05) is 42.3 Å². The molecule has 0 fully saturated rings. The van der Waals surface area contributed by atoms with Crippen LogP contribution in [0.1, 0.15) is 29.8 Å². The highest BCUT2D eigenvalue weighted by atomic mass is 35.5. The van der Waals surface area contributed by atoms with E-state index in [1.54, 1.807) is 0 Å². The zero-order valence-electron chi connectivity index (χ0n) is 13.2. The topological polar surface area (TPSA) is 61.4 Å². The Morgan fingerprint density at radius 3 is 2.96 bits per heavy atom. The largest absolute Gasteiger partial charge is 0.389 e. The molecule has 0 aliphatic carbocycles. The maximum Gasteiger partial charge on any atom is 0.0900 e. The van der Waals surface area contributed by atoms with Crippen LogP contribution < -0.4 is 0 Å². The van der Waals surface area contributed by atoms with Gasteiger partial charge in [0.25, 0.3) is 0 Å². The van der Waals surface area contributed by atoms with Gasteiger partial charge in [-0.05, 0) is 24.6 Å². The third kappa shape index (κ3) is 4.32. The van der Waals surface area contributed by atoms with Crippen LogP contribution in [0.3, 0.4) is 0 Å². The number of β-amino-alcohol motifs (C(OH)–C–C–N with tert-alkyl or cyclic N) is 1. The van der Waals surface area contributed by atoms with Crippen LogP contribution in [-0.2, 0) is 17.7 Å². The van der Waals surface area contributed by atoms with E-state index < -0.39 is 6.10 Å². The fraction of sp³-hybridized carbons (Fsp3) is 0.471. The lowest BCUT2D eigenvalue weighted by Gasteiger charge is -2.28. The van der Waals surface area contributed by atoms with Crippen molar-refractivity contribution in [2.24, 2.45) is 0 Å². The molecule has 124 valence electrons. The Morgan fingerprint density at radius 1 is 1.39 bits per heavy atom. The number of aliphatic hydroxyl groups is 1. The number of halogens is 1. The number of hydrogen-bond acceptors (Lipinski definition) is 4. The van der Waals surface area contributed by atoms with Crippen molar-refractivity contribution in [1.29, 1.82) is 0 Å². The quantitative estimate of drug-likeness (QED) is 0.851. The number of aliphatic hydroxyl groups excluding tert-OH is 1. The number of aromatic nitrogens is 2. The first-order chi connectivity index (χ1) is 11.1. The van der Waals surface area contributed by atoms with E-state index >= 15 is 0 Å². The Balaban J connectivity index is 1.44. The van der Waals surface area contributed by atoms with Crippen molar-refractivity contribution >= 4 is 11.6 Å². The van der Waals surface area contributed by atoms with Crippen LogP contribution in [0, 0.1) is 0 Å². The van der Waals surface area contributed by atoms with Gasteiger partial charge in [0.2, 0.25) is 0 Å². The second-order valence-corrected chi connectivity index (χ2v) is 6.48. The van der Waals surface area contributed by atoms with Gasteiger partial charge in [-0.3, -0.25) is 10.00 Å². The lowest BCUT2D eigenvalue weighted by Crippen LogP contribution is -2.38. The predicted molar refractivity (Wildman–Crippen MR) is 89.4 cm³/mol. The molecule has 0 spiro atoms. The van der Waals surface area contributed by atoms with Crippen LogP contribution in [0.15, 0.2) is 30.5 Å². The normalized spacial score (nSPS) is 17.7. The summed E-state index contributed by atoms with van der Waals surface area (Å²) in [5, 5.41) is 18.0. The van der Waals surface area contributed by atoms with Crippen LogP contribution in [0.4, 0.5) is 0 Å². The van der Waals surface area contributed by atoms with E-state index in [-0.39, 0.29) is 6.10 Å². The molecule has 2 unspecified atom stereocenters. The van der Waals surface area contributed by atoms with E-state index in [4.69, 9.17) is 16.3 Å². The summed E-state index contributed by atoms with van der Waals surface area (Å²) in [6, 6.07) is 7.60. The van der Waals surface area contributed by atoms with Crippen LogP contribution >= 0.6 is 11.6 Å². The summed E-state index contributed by atoms with van der Waals surface area (Å²) in [5.74, 6) is 0. The first-order valence-electron chi connectivity index (χ1n) is 7.90. The van der Waals surface area contributed by atoms with Crippen molar-refractivity contribution in [1.82, 2.24) is 15.1 Å². The molecule has 0 amide bonds. The van der Waals surface area contributed by atoms with Crippen LogP contribution in [0.2, 0.25) is 5.02 Å². The molecule has 0 saturated heterocycles. The van der Waals surface area contributed by atoms with Gasteiger partial charge >= 0.3 is 0 Å². The van der Waals surface area contributed by atoms with Crippen molar-refractivity contribution in [3.8, 4) is 0 Å². The molecule has 23 heavy (non-hydrogen) atoms. The number of nitrogens with zero attached hydrogens (tertiary/aromatic N) is 2. The zero-order valence-corrected chi connectivity index (χ0v) is 14.0. The lowest BCUT2D eigenvalue weighted by molar-refractivity contribution is -0.0172. The van der Waals surface area contributed by atoms with Crippen molar-refractivity contribution in [3.05, 3.63) is 52.3 Å². The lowest BCUT2D eigenvalue weighted by atomic mass is 10.1. The van der Waals surface area contributed by atoms with Gasteiger partial charge < -0.3 is 9.84 Å². The van der Waals surface area contributed by atoms with Gasteiger partial charge in [-0.2, -0.15) is 5.10 Å². The summed E-state index contributed by atoms with van der Waals surface area (Å²) < 4.78 is 5.79. The molecule has 6 heteroatoms. The van der Waals surface area contributed by atoms with Crippen LogP contribution in [0.25, 0.3) is 0 Å². The number of nitrogens with one attached hydrogen (secondary N) is 1. The fourth-order valence-electron chi connectivity index (χ4n) is 2.87. The molecule has 3 rings (SSSR count). The first kappa shape index (κ1) is 16.5. The van der Waals surface area contributed by atoms with Crippen molar-refractivity contribution in [3.63, 3.8) is 0 Å². The number of aromatic amines is 1. The van der Waals surface area contributed by atoms with Gasteiger partial charge in [0.15, 0.2) is 0 Å². The van der Waals surface area contributed by atoms with Crippen molar-refractivity contribution in [2.45, 2.75) is 32.1 Å². The number of rotatable bonds is 6. The molecule has 2 heterocycles. The average Bonchev–Trinajstić information content (AvgIpc) is 3.01. The average molecular weight is 336 g/mol. The molecule has 1 aliphatic rings. The second kappa shape index (κ2) is 7.45. The molecule has 1 aliphatic heterocycles. The molecule has 5 nitrogen and oxygen atoms in total. The molecule has 1 aromatic heterocycles. The molecular weight excluding hydrogens is 314 g/mol. The SMILES string of the molecule is CC(OCC(O)CN1CCc2[nH]ncc2C1)c1ccc(Cl)cc1. The molecule has 2 atom stereocenters. The van der Waals surface area contributed by atoms with E-state index in [1.807, 2.05) is 37.4 Å². The van der Waals surface area contributed by atoms with Gasteiger partial charge in [-0.25, -0.2) is 0 Å². The molecule has 2 N–H and O–H groups in total. The standard InChI is InChI=1S/C17H22ClN3O2/c1-12(13-2-4-15(18)5-3-13)23-11-16(22)10-21-7-6-17-14(9-21)8-19-20-17/h2-5,8,12,16,22H,6-7,9-11H2,1H3,(H,19,20). The Bertz CT molecular complexity index is 629. The van der Waals surface area contributed by atoms with E-state index in [0.29, 0.717) is 18.2 Å². The van der Waals surface area contributed by atoms with Crippen molar-refractivity contribution < 1.29 is 9.84 Å². The summed E-state index contributed by atoms with van der Waals surface area (Å²) in [6.07, 6.45) is 2.25. The summed E-state index contributed by atoms with van der Waals surface area (Å²) in [5.41, 5.74) is 3.49. The van der Waals surface area contributed by atoms with E-state index in [1.165, 1.54) is 11.3 Å². The van der Waals surface area contributed by atoms with E-state index in [0.717, 1.165) is 25.1 Å². The number of ether oxygens (including phenoxy) is 1. The van der Waals surface area contributed by atoms with E-state index in [2.05, 4.69) is 15.1 Å². The van der Waals surface area contributed by atoms with E-state index in [9.17, 15) is 5.11 Å². The fourth-order valence-corrected chi connectivity index (χ4v) is 3.00. The van der Waals surface area contributed by atoms with Crippen LogP contribution in [-0.4, -0.2) is 46.0 Å². The maximum atomic E-state index is 10.2. The minimum Gasteiger partial charge on any atom is -0.389 e. The highest BCUT2D eigenvalue weighted by Crippen LogP contribution is 2.20. The van der Waals surface area contributed by atoms with Crippen LogP contribution in [0.5, 0.6) is 0 Å². The van der Waals surface area contributed by atoms with Gasteiger partial charge in [0.1, 0.15) is 0 Å². The number of H-pyrrole nitrogens is 1. The predicted octanol–water partition coefficient (Wildman–Crippen LogP) is 2.56. The summed E-state index contributed by atoms with van der Waals surface area (Å²) in [6.45, 7) is 4.67. The Morgan fingerprint density at radius 2 is 2.17 bits per heavy atom. The highest BCUT2D eigenvalue weighted by Gasteiger charge is 2.20. The van der Waals surface area contributed by atoms with Crippen molar-refractivity contribution in [2.75, 3.05) is 19.7 Å². The molecule has 1 aromatic carbocycles. The van der Waals surface area contributed by atoms with Gasteiger partial charge in [-0.1, -0.05) is 23.7 Å². The summed E-state index contributed by atoms with van der Waals surface area (Å²) in [4.78, 5) is 2.23. The molecule has 2 aromatic rings. The smallest absolute Gasteiger partial charge is 0.0900 e. The minimum absolute atomic E-state index is 0.0660. The number of hydrogen-bond donors (Lipinski definition) is 2. The third-order valence-corrected chi connectivity index (χ3v) is 4.48. The first-order valence-corrected chi connectivity index (χ1v) is 8.28. The Hall–Kier alpha value is -1.40. The van der Waals surface area contributed by atoms with Gasteiger partial charge in [0.05, 0.1) is 25.0 Å². The number of benzene rings is 1. The second-order valence-electron chi connectivity index (χ2n) is 6.04. The highest BCUT2D eigenvalue weighted by molar-refractivity contribution is 6.30. The third-order valence-electron chi connectivity index (χ3n) is 4.23. The summed E-state index contributed by atoms with van der Waals surface area (Å²) >= 11 is 5.89. The monoisotopic (exact) mass is 335 g/mol. The number of fused-ring (bicyclic) bond motifs is 1. The summed E-state index contributed by atoms with van der Waals surface area (Å²) in [7, 11) is 0.